The van der Waals surface area contributed by atoms with E-state index >= 15 is 0 Å². The van der Waals surface area contributed by atoms with E-state index in [1.54, 1.807) is 36.6 Å². The van der Waals surface area contributed by atoms with Crippen molar-refractivity contribution in [3.8, 4) is 0 Å². The molecule has 1 aromatic rings. The van der Waals surface area contributed by atoms with Crippen LogP contribution in [0.25, 0.3) is 0 Å². The fourth-order valence-electron chi connectivity index (χ4n) is 4.00. The van der Waals surface area contributed by atoms with Gasteiger partial charge in [-0.15, -0.1) is 0 Å². The van der Waals surface area contributed by atoms with Gasteiger partial charge in [0.2, 0.25) is 11.8 Å². The van der Waals surface area contributed by atoms with Crippen LogP contribution in [-0.4, -0.2) is 46.4 Å². The lowest BCUT2D eigenvalue weighted by atomic mass is 9.85. The molecule has 0 aromatic heterocycles. The average Bonchev–Trinajstić information content (AvgIpc) is 3.30. The monoisotopic (exact) mass is 458 g/mol. The molecule has 1 saturated heterocycles. The molecule has 0 aliphatic carbocycles. The second-order valence-corrected chi connectivity index (χ2v) is 8.44. The Hall–Kier alpha value is -3.11. The normalized spacial score (nSPS) is 23.7. The van der Waals surface area contributed by atoms with Gasteiger partial charge >= 0.3 is 11.9 Å². The Morgan fingerprint density at radius 1 is 1.34 bits per heavy atom. The van der Waals surface area contributed by atoms with Crippen molar-refractivity contribution >= 4 is 35.5 Å². The van der Waals surface area contributed by atoms with Crippen LogP contribution in [0.1, 0.15) is 48.4 Å². The van der Waals surface area contributed by atoms with Crippen LogP contribution in [-0.2, 0) is 23.9 Å². The van der Waals surface area contributed by atoms with Gasteiger partial charge in [0.15, 0.2) is 0 Å². The summed E-state index contributed by atoms with van der Waals surface area (Å²) in [6, 6.07) is 6.39. The second-order valence-electron chi connectivity index (χ2n) is 7.44. The molecule has 9 nitrogen and oxygen atoms in total. The SMILES string of the molecule is CCC(=O)NC=CSC1=C(C(=O)OC2OC(=O)c3ccccc32)N2C(=O)[C@@H](CCO)[C@H]2C1. The van der Waals surface area contributed by atoms with Crippen LogP contribution >= 0.6 is 11.8 Å². The third-order valence-electron chi connectivity index (χ3n) is 5.59. The molecule has 1 fully saturated rings. The van der Waals surface area contributed by atoms with Crippen LogP contribution < -0.4 is 5.32 Å². The van der Waals surface area contributed by atoms with Gasteiger partial charge in [-0.25, -0.2) is 9.59 Å². The Bertz CT molecular complexity index is 1030. The summed E-state index contributed by atoms with van der Waals surface area (Å²) in [6.07, 6.45) is 1.37. The Labute approximate surface area is 188 Å². The lowest BCUT2D eigenvalue weighted by Gasteiger charge is -2.43. The number of nitrogens with one attached hydrogen (secondary N) is 1. The number of aliphatic hydroxyl groups excluding tert-OH is 1. The zero-order valence-corrected chi connectivity index (χ0v) is 18.1. The minimum atomic E-state index is -1.19. The van der Waals surface area contributed by atoms with Gasteiger partial charge in [0.1, 0.15) is 5.70 Å². The molecule has 1 aromatic carbocycles. The van der Waals surface area contributed by atoms with Crippen LogP contribution in [0.5, 0.6) is 0 Å². The zero-order valence-electron chi connectivity index (χ0n) is 17.3. The topological polar surface area (TPSA) is 122 Å². The number of carbonyl (C=O) groups excluding carboxylic acids is 4. The molecule has 2 N–H and O–H groups in total. The maximum absolute atomic E-state index is 13.1. The molecule has 3 atom stereocenters. The molecule has 0 radical (unpaired) electrons. The first-order valence-corrected chi connectivity index (χ1v) is 11.1. The standard InChI is InChI=1S/C22H22N2O7S/c1-2-17(26)23-8-10-32-16-11-15-14(7-9-25)19(27)24(15)18(16)21(29)31-22-13-6-4-3-5-12(13)20(28)30-22/h3-6,8,10,14-15,22,25H,2,7,9,11H2,1H3,(H,23,26)/t14-,15+,22?/m0/s1. The van der Waals surface area contributed by atoms with Crippen molar-refractivity contribution in [3.63, 3.8) is 0 Å². The molecule has 10 heteroatoms. The smallest absolute Gasteiger partial charge is 0.359 e. The Morgan fingerprint density at radius 2 is 2.12 bits per heavy atom. The number of rotatable bonds is 8. The van der Waals surface area contributed by atoms with E-state index in [-0.39, 0.29) is 36.1 Å². The highest BCUT2D eigenvalue weighted by atomic mass is 32.2. The zero-order chi connectivity index (χ0) is 22.8. The van der Waals surface area contributed by atoms with Crippen LogP contribution in [0.2, 0.25) is 0 Å². The predicted molar refractivity (Wildman–Crippen MR) is 113 cm³/mol. The number of aliphatic hydroxyl groups is 1. The number of amides is 2. The van der Waals surface area contributed by atoms with Crippen LogP contribution in [0, 0.1) is 5.92 Å². The van der Waals surface area contributed by atoms with Crippen molar-refractivity contribution in [1.29, 1.82) is 0 Å². The van der Waals surface area contributed by atoms with E-state index in [0.717, 1.165) is 0 Å². The van der Waals surface area contributed by atoms with Gasteiger partial charge < -0.3 is 24.8 Å². The summed E-state index contributed by atoms with van der Waals surface area (Å²) in [5.74, 6) is -2.12. The highest BCUT2D eigenvalue weighted by Gasteiger charge is 2.55. The number of nitrogens with zero attached hydrogens (tertiary/aromatic N) is 1. The van der Waals surface area contributed by atoms with Crippen molar-refractivity contribution in [1.82, 2.24) is 10.2 Å². The summed E-state index contributed by atoms with van der Waals surface area (Å²) in [7, 11) is 0. The molecule has 168 valence electrons. The van der Waals surface area contributed by atoms with Gasteiger partial charge in [-0.05, 0) is 17.9 Å². The molecule has 32 heavy (non-hydrogen) atoms. The van der Waals surface area contributed by atoms with E-state index < -0.39 is 18.2 Å². The minimum absolute atomic E-state index is 0.103. The van der Waals surface area contributed by atoms with Crippen molar-refractivity contribution < 1.29 is 33.8 Å². The van der Waals surface area contributed by atoms with Gasteiger partial charge in [-0.1, -0.05) is 36.9 Å². The largest absolute Gasteiger partial charge is 0.417 e. The summed E-state index contributed by atoms with van der Waals surface area (Å²) in [4.78, 5) is 51.2. The maximum Gasteiger partial charge on any atom is 0.359 e. The van der Waals surface area contributed by atoms with Gasteiger partial charge in [-0.2, -0.15) is 0 Å². The van der Waals surface area contributed by atoms with E-state index in [1.807, 2.05) is 0 Å². The summed E-state index contributed by atoms with van der Waals surface area (Å²) < 4.78 is 10.7. The van der Waals surface area contributed by atoms with E-state index in [1.165, 1.54) is 22.9 Å². The number of ether oxygens (including phenoxy) is 2. The van der Waals surface area contributed by atoms with Gasteiger partial charge in [0.05, 0.1) is 17.5 Å². The average molecular weight is 458 g/mol. The summed E-state index contributed by atoms with van der Waals surface area (Å²) >= 11 is 1.21. The number of cyclic esters (lactones) is 1. The number of benzene rings is 1. The van der Waals surface area contributed by atoms with Gasteiger partial charge in [-0.3, -0.25) is 9.59 Å². The van der Waals surface area contributed by atoms with Crippen LogP contribution in [0.3, 0.4) is 0 Å². The molecule has 3 heterocycles. The third-order valence-corrected chi connectivity index (χ3v) is 6.51. The second kappa shape index (κ2) is 9.17. The lowest BCUT2D eigenvalue weighted by molar-refractivity contribution is -0.170. The molecule has 2 amide bonds. The van der Waals surface area contributed by atoms with Crippen molar-refractivity contribution in [2.45, 2.75) is 38.5 Å². The number of thioether (sulfide) groups is 1. The van der Waals surface area contributed by atoms with E-state index in [2.05, 4.69) is 5.32 Å². The van der Waals surface area contributed by atoms with Crippen LogP contribution in [0.15, 0.2) is 46.5 Å². The number of esters is 2. The quantitative estimate of drug-likeness (QED) is 0.448. The summed E-state index contributed by atoms with van der Waals surface area (Å²) in [5.41, 5.74) is 0.882. The molecule has 0 bridgehead atoms. The van der Waals surface area contributed by atoms with Crippen LogP contribution in [0.4, 0.5) is 0 Å². The molecule has 3 aliphatic heterocycles. The van der Waals surface area contributed by atoms with E-state index in [9.17, 15) is 24.3 Å². The fraction of sp³-hybridized carbons (Fsp3) is 0.364. The van der Waals surface area contributed by atoms with E-state index in [0.29, 0.717) is 35.3 Å². The molecule has 1 unspecified atom stereocenters. The van der Waals surface area contributed by atoms with Gasteiger partial charge in [0.25, 0.3) is 6.29 Å². The first-order chi connectivity index (χ1) is 15.5. The maximum atomic E-state index is 13.1. The fourth-order valence-corrected chi connectivity index (χ4v) is 4.87. The molecule has 0 spiro atoms. The Morgan fingerprint density at radius 3 is 2.88 bits per heavy atom. The Balaban J connectivity index is 1.54. The van der Waals surface area contributed by atoms with Crippen molar-refractivity contribution in [2.75, 3.05) is 6.61 Å². The number of β-lactam (4-membered cyclic amide) rings is 1. The molecular weight excluding hydrogens is 436 g/mol. The van der Waals surface area contributed by atoms with Crippen molar-refractivity contribution in [3.05, 3.63) is 57.6 Å². The number of fused-ring (bicyclic) bond motifs is 2. The highest BCUT2D eigenvalue weighted by molar-refractivity contribution is 8.05. The molecule has 0 saturated carbocycles. The number of carbonyl (C=O) groups is 4. The van der Waals surface area contributed by atoms with Crippen molar-refractivity contribution in [2.24, 2.45) is 5.92 Å². The minimum Gasteiger partial charge on any atom is -0.417 e. The molecular formula is C22H22N2O7S. The summed E-state index contributed by atoms with van der Waals surface area (Å²) in [6.45, 7) is 1.61. The lowest BCUT2D eigenvalue weighted by Crippen LogP contribution is -2.58. The van der Waals surface area contributed by atoms with Gasteiger partial charge in [0, 0.05) is 36.1 Å². The summed E-state index contributed by atoms with van der Waals surface area (Å²) in [5, 5.41) is 13.5. The number of hydrogen-bond acceptors (Lipinski definition) is 8. The van der Waals surface area contributed by atoms with E-state index in [4.69, 9.17) is 9.47 Å². The number of hydrogen-bond donors (Lipinski definition) is 2. The molecule has 3 aliphatic rings. The third kappa shape index (κ3) is 3.91. The first-order valence-electron chi connectivity index (χ1n) is 10.2. The molecule has 4 rings (SSSR count). The Kier molecular flexibility index (Phi) is 6.33. The first kappa shape index (κ1) is 22.1. The highest BCUT2D eigenvalue weighted by Crippen LogP contribution is 2.48. The predicted octanol–water partition coefficient (Wildman–Crippen LogP) is 1.95.